The summed E-state index contributed by atoms with van der Waals surface area (Å²) in [5, 5.41) is -0.139. The van der Waals surface area contributed by atoms with Gasteiger partial charge in [0.1, 0.15) is 24.7 Å². The molecule has 0 heterocycles. The Morgan fingerprint density at radius 2 is 1.14 bits per heavy atom. The van der Waals surface area contributed by atoms with Crippen molar-refractivity contribution in [1.82, 2.24) is 0 Å². The lowest BCUT2D eigenvalue weighted by molar-refractivity contribution is -0.108. The van der Waals surface area contributed by atoms with E-state index in [1.165, 1.54) is 18.1 Å². The summed E-state index contributed by atoms with van der Waals surface area (Å²) in [5.74, 6) is 6.48. The van der Waals surface area contributed by atoms with E-state index in [1.807, 2.05) is 38.1 Å². The van der Waals surface area contributed by atoms with Crippen LogP contribution in [0.4, 0.5) is 0 Å². The fourth-order valence-corrected chi connectivity index (χ4v) is 2.35. The van der Waals surface area contributed by atoms with E-state index in [1.54, 1.807) is 0 Å². The molecule has 0 aliphatic heterocycles. The maximum Gasteiger partial charge on any atom is 0.182 e. The zero-order valence-corrected chi connectivity index (χ0v) is 18.8. The van der Waals surface area contributed by atoms with E-state index in [9.17, 15) is 4.79 Å². The summed E-state index contributed by atoms with van der Waals surface area (Å²) in [4.78, 5) is 9.31. The molecule has 0 N–H and O–H groups in total. The van der Waals surface area contributed by atoms with Crippen LogP contribution >= 0.6 is 12.6 Å². The van der Waals surface area contributed by atoms with Crippen molar-refractivity contribution in [3.8, 4) is 36.2 Å². The van der Waals surface area contributed by atoms with Crippen LogP contribution in [-0.4, -0.2) is 18.3 Å². The molecule has 0 unspecified atom stereocenters. The summed E-state index contributed by atoms with van der Waals surface area (Å²) in [6.45, 7) is 10.3. The molecule has 29 heavy (non-hydrogen) atoms. The van der Waals surface area contributed by atoms with Crippen LogP contribution in [0.1, 0.15) is 45.7 Å². The van der Waals surface area contributed by atoms with E-state index in [2.05, 4.69) is 62.6 Å². The molecule has 0 aliphatic carbocycles. The maximum atomic E-state index is 9.31. The van der Waals surface area contributed by atoms with E-state index in [0.717, 1.165) is 11.5 Å². The van der Waals surface area contributed by atoms with E-state index in [4.69, 9.17) is 22.3 Å². The van der Waals surface area contributed by atoms with Gasteiger partial charge in [-0.25, -0.2) is 0 Å². The highest BCUT2D eigenvalue weighted by Crippen LogP contribution is 2.33. The molecule has 0 saturated heterocycles. The summed E-state index contributed by atoms with van der Waals surface area (Å²) in [5.41, 5.74) is 2.26. The van der Waals surface area contributed by atoms with Crippen molar-refractivity contribution >= 4 is 17.7 Å². The summed E-state index contributed by atoms with van der Waals surface area (Å²) in [6.07, 6.45) is 10.4. The van der Waals surface area contributed by atoms with E-state index in [-0.39, 0.29) is 23.7 Å². The first kappa shape index (κ1) is 26.2. The second-order valence-corrected chi connectivity index (χ2v) is 6.81. The number of hydrogen-bond donors (Lipinski definition) is 1. The topological polar surface area (TPSA) is 35.5 Å². The standard InChI is InChI=1S/C21H20O2.C2H4OS.C2H6/c1-5-15-22-19-11-7-17(8-12-19)21(3,4)18-9-13-20(14-10-18)23-16-6-2;1-2(3)4;1-2/h1-2,7-14H,15-16H2,3-4H3;1H3,(H,3,4);1-2H3. The van der Waals surface area contributed by atoms with Gasteiger partial charge in [0.2, 0.25) is 0 Å². The van der Waals surface area contributed by atoms with Crippen LogP contribution in [0, 0.1) is 24.7 Å². The maximum absolute atomic E-state index is 9.31. The Kier molecular flexibility index (Phi) is 12.8. The molecular weight excluding hydrogens is 380 g/mol. The SMILES string of the molecule is C#CCOc1ccc(C(C)(C)c2ccc(OCC#C)cc2)cc1.CC.CC(=O)S. The molecule has 0 radical (unpaired) electrons. The fourth-order valence-electron chi connectivity index (χ4n) is 2.35. The van der Waals surface area contributed by atoms with E-state index >= 15 is 0 Å². The molecule has 154 valence electrons. The lowest BCUT2D eigenvalue weighted by Crippen LogP contribution is -2.18. The molecule has 0 bridgehead atoms. The molecule has 2 aromatic carbocycles. The smallest absolute Gasteiger partial charge is 0.182 e. The summed E-state index contributed by atoms with van der Waals surface area (Å²) in [6, 6.07) is 16.0. The second-order valence-electron chi connectivity index (χ2n) is 6.18. The molecule has 0 atom stereocenters. The van der Waals surface area contributed by atoms with Crippen LogP contribution in [0.3, 0.4) is 0 Å². The average Bonchev–Trinajstić information content (AvgIpc) is 2.72. The van der Waals surface area contributed by atoms with Crippen molar-refractivity contribution in [2.24, 2.45) is 0 Å². The molecule has 0 saturated carbocycles. The first-order valence-electron chi connectivity index (χ1n) is 9.34. The van der Waals surface area contributed by atoms with Gasteiger partial charge in [-0.2, -0.15) is 0 Å². The Morgan fingerprint density at radius 1 is 0.862 bits per heavy atom. The Bertz CT molecular complexity index is 740. The van der Waals surface area contributed by atoms with Gasteiger partial charge in [-0.05, 0) is 35.4 Å². The van der Waals surface area contributed by atoms with E-state index < -0.39 is 0 Å². The minimum absolute atomic E-state index is 0.130. The molecular formula is C25H30O3S. The number of benzene rings is 2. The Labute approximate surface area is 181 Å². The number of carbonyl (C=O) groups is 1. The van der Waals surface area contributed by atoms with Crippen LogP contribution in [0.25, 0.3) is 0 Å². The van der Waals surface area contributed by atoms with Crippen molar-refractivity contribution in [2.75, 3.05) is 13.2 Å². The third-order valence-electron chi connectivity index (χ3n) is 3.80. The fraction of sp³-hybridized carbons (Fsp3) is 0.320. The lowest BCUT2D eigenvalue weighted by Gasteiger charge is -2.26. The van der Waals surface area contributed by atoms with Crippen LogP contribution in [-0.2, 0) is 10.2 Å². The molecule has 0 spiro atoms. The highest BCUT2D eigenvalue weighted by Gasteiger charge is 2.23. The normalized spacial score (nSPS) is 9.38. The minimum atomic E-state index is -0.139. The number of ether oxygens (including phenoxy) is 2. The summed E-state index contributed by atoms with van der Waals surface area (Å²) >= 11 is 3.33. The predicted molar refractivity (Wildman–Crippen MR) is 125 cm³/mol. The molecule has 2 aromatic rings. The summed E-state index contributed by atoms with van der Waals surface area (Å²) in [7, 11) is 0. The molecule has 0 amide bonds. The predicted octanol–water partition coefficient (Wildman–Crippen LogP) is 5.53. The molecule has 3 nitrogen and oxygen atoms in total. The number of hydrogen-bond acceptors (Lipinski definition) is 3. The quantitative estimate of drug-likeness (QED) is 0.503. The van der Waals surface area contributed by atoms with Crippen molar-refractivity contribution in [3.05, 3.63) is 59.7 Å². The Hall–Kier alpha value is -2.82. The summed E-state index contributed by atoms with van der Waals surface area (Å²) < 4.78 is 10.8. The van der Waals surface area contributed by atoms with Gasteiger partial charge in [0.15, 0.2) is 5.12 Å². The highest BCUT2D eigenvalue weighted by atomic mass is 32.1. The van der Waals surface area contributed by atoms with Crippen LogP contribution in [0.2, 0.25) is 0 Å². The molecule has 0 fully saturated rings. The van der Waals surface area contributed by atoms with Gasteiger partial charge in [0.25, 0.3) is 0 Å². The van der Waals surface area contributed by atoms with Crippen molar-refractivity contribution < 1.29 is 14.3 Å². The molecule has 4 heteroatoms. The van der Waals surface area contributed by atoms with Gasteiger partial charge in [0.05, 0.1) is 0 Å². The second kappa shape index (κ2) is 14.2. The minimum Gasteiger partial charge on any atom is -0.481 e. The monoisotopic (exact) mass is 410 g/mol. The molecule has 0 aromatic heterocycles. The van der Waals surface area contributed by atoms with Gasteiger partial charge in [-0.15, -0.1) is 25.5 Å². The first-order valence-corrected chi connectivity index (χ1v) is 9.79. The molecule has 2 rings (SSSR count). The van der Waals surface area contributed by atoms with Gasteiger partial charge in [-0.1, -0.05) is 63.8 Å². The van der Waals surface area contributed by atoms with Crippen molar-refractivity contribution in [3.63, 3.8) is 0 Å². The average molecular weight is 411 g/mol. The number of rotatable bonds is 6. The van der Waals surface area contributed by atoms with Crippen LogP contribution in [0.5, 0.6) is 11.5 Å². The van der Waals surface area contributed by atoms with Crippen molar-refractivity contribution in [1.29, 1.82) is 0 Å². The lowest BCUT2D eigenvalue weighted by atomic mass is 9.78. The number of terminal acetylenes is 2. The van der Waals surface area contributed by atoms with E-state index in [0.29, 0.717) is 0 Å². The zero-order chi connectivity index (χ0) is 22.3. The Morgan fingerprint density at radius 3 is 1.38 bits per heavy atom. The van der Waals surface area contributed by atoms with Gasteiger partial charge in [0, 0.05) is 12.3 Å². The molecule has 0 aliphatic rings. The third kappa shape index (κ3) is 9.79. The Balaban J connectivity index is 0.00000116. The number of thiol groups is 1. The first-order chi connectivity index (χ1) is 13.8. The van der Waals surface area contributed by atoms with Crippen LogP contribution < -0.4 is 9.47 Å². The van der Waals surface area contributed by atoms with Crippen molar-refractivity contribution in [2.45, 2.75) is 40.0 Å². The largest absolute Gasteiger partial charge is 0.481 e. The number of carbonyl (C=O) groups excluding carboxylic acids is 1. The van der Waals surface area contributed by atoms with Crippen LogP contribution in [0.15, 0.2) is 48.5 Å². The van der Waals surface area contributed by atoms with Gasteiger partial charge >= 0.3 is 0 Å². The highest BCUT2D eigenvalue weighted by molar-refractivity contribution is 7.96. The zero-order valence-electron chi connectivity index (χ0n) is 17.9. The van der Waals surface area contributed by atoms with Gasteiger partial charge < -0.3 is 9.47 Å². The third-order valence-corrected chi connectivity index (χ3v) is 3.80. The van der Waals surface area contributed by atoms with Gasteiger partial charge in [-0.3, -0.25) is 4.79 Å².